The predicted molar refractivity (Wildman–Crippen MR) is 118 cm³/mol. The number of halogens is 3. The first-order chi connectivity index (χ1) is 15.8. The largest absolute Gasteiger partial charge is 0.493 e. The summed E-state index contributed by atoms with van der Waals surface area (Å²) >= 11 is 1.52. The molecule has 9 heteroatoms. The van der Waals surface area contributed by atoms with Crippen LogP contribution in [-0.2, 0) is 17.4 Å². The van der Waals surface area contributed by atoms with Gasteiger partial charge in [-0.05, 0) is 59.3 Å². The van der Waals surface area contributed by atoms with Crippen LogP contribution in [0.5, 0.6) is 17.2 Å². The standard InChI is InChI=1S/C24H22F3NO4S/c1-30-19-11-15-8-9-28(23(21-7-4-10-33-21)18(15)13-20(19)31-2)22(29)14-32-17-6-3-5-16(12-17)24(25,26)27/h3-7,10-13,23H,8-9,14H2,1-2H3. The number of alkyl halides is 3. The molecule has 1 amide bonds. The van der Waals surface area contributed by atoms with Crippen molar-refractivity contribution in [3.63, 3.8) is 0 Å². The predicted octanol–water partition coefficient (Wildman–Crippen LogP) is 5.34. The third-order valence-corrected chi connectivity index (χ3v) is 6.46. The number of carbonyl (C=O) groups is 1. The Balaban J connectivity index is 1.60. The third kappa shape index (κ3) is 4.78. The van der Waals surface area contributed by atoms with Crippen LogP contribution in [0.4, 0.5) is 13.2 Å². The maximum Gasteiger partial charge on any atom is 0.416 e. The molecule has 2 heterocycles. The molecule has 174 valence electrons. The molecular formula is C24H22F3NO4S. The Hall–Kier alpha value is -3.20. The van der Waals surface area contributed by atoms with Gasteiger partial charge in [0.25, 0.3) is 5.91 Å². The van der Waals surface area contributed by atoms with Gasteiger partial charge in [-0.1, -0.05) is 12.1 Å². The number of hydrogen-bond donors (Lipinski definition) is 0. The molecule has 33 heavy (non-hydrogen) atoms. The van der Waals surface area contributed by atoms with E-state index in [1.807, 2.05) is 29.6 Å². The van der Waals surface area contributed by atoms with Crippen LogP contribution in [0, 0.1) is 0 Å². The van der Waals surface area contributed by atoms with Crippen LogP contribution in [0.3, 0.4) is 0 Å². The number of amides is 1. The van der Waals surface area contributed by atoms with Crippen LogP contribution in [0.25, 0.3) is 0 Å². The van der Waals surface area contributed by atoms with Crippen LogP contribution in [-0.4, -0.2) is 38.2 Å². The van der Waals surface area contributed by atoms with E-state index in [1.165, 1.54) is 23.5 Å². The Bertz CT molecular complexity index is 1130. The number of benzene rings is 2. The maximum absolute atomic E-state index is 13.2. The van der Waals surface area contributed by atoms with Crippen molar-refractivity contribution in [1.29, 1.82) is 0 Å². The Morgan fingerprint density at radius 1 is 1.09 bits per heavy atom. The first kappa shape index (κ1) is 23.0. The average Bonchev–Trinajstić information content (AvgIpc) is 3.35. The molecule has 1 unspecified atom stereocenters. The molecular weight excluding hydrogens is 455 g/mol. The summed E-state index contributed by atoms with van der Waals surface area (Å²) in [5.74, 6) is 0.863. The molecule has 0 radical (unpaired) electrons. The number of carbonyl (C=O) groups excluding carboxylic acids is 1. The highest BCUT2D eigenvalue weighted by molar-refractivity contribution is 7.10. The van der Waals surface area contributed by atoms with E-state index < -0.39 is 11.7 Å². The molecule has 0 saturated carbocycles. The topological polar surface area (TPSA) is 48.0 Å². The summed E-state index contributed by atoms with van der Waals surface area (Å²) in [6, 6.07) is 11.8. The highest BCUT2D eigenvalue weighted by Crippen LogP contribution is 2.42. The van der Waals surface area contributed by atoms with Gasteiger partial charge in [-0.3, -0.25) is 4.79 Å². The van der Waals surface area contributed by atoms with E-state index in [0.717, 1.165) is 28.1 Å². The van der Waals surface area contributed by atoms with Gasteiger partial charge in [-0.2, -0.15) is 13.2 Å². The normalized spacial score (nSPS) is 15.7. The number of thiophene rings is 1. The van der Waals surface area contributed by atoms with Gasteiger partial charge in [-0.15, -0.1) is 11.3 Å². The second kappa shape index (κ2) is 9.35. The SMILES string of the molecule is COc1cc2c(cc1OC)C(c1cccs1)N(C(=O)COc1cccc(C(F)(F)F)c1)CC2. The number of methoxy groups -OCH3 is 2. The average molecular weight is 478 g/mol. The smallest absolute Gasteiger partial charge is 0.416 e. The number of nitrogens with zero attached hydrogens (tertiary/aromatic N) is 1. The van der Waals surface area contributed by atoms with Gasteiger partial charge in [0.05, 0.1) is 25.8 Å². The van der Waals surface area contributed by atoms with Crippen molar-refractivity contribution in [2.24, 2.45) is 0 Å². The van der Waals surface area contributed by atoms with Crippen molar-refractivity contribution < 1.29 is 32.2 Å². The third-order valence-electron chi connectivity index (χ3n) is 5.53. The second-order valence-electron chi connectivity index (χ2n) is 7.48. The molecule has 0 spiro atoms. The van der Waals surface area contributed by atoms with Crippen LogP contribution in [0.2, 0.25) is 0 Å². The van der Waals surface area contributed by atoms with E-state index in [9.17, 15) is 18.0 Å². The number of ether oxygens (including phenoxy) is 3. The van der Waals surface area contributed by atoms with Crippen LogP contribution in [0.1, 0.15) is 27.6 Å². The first-order valence-corrected chi connectivity index (χ1v) is 11.1. The second-order valence-corrected chi connectivity index (χ2v) is 8.45. The summed E-state index contributed by atoms with van der Waals surface area (Å²) in [6.45, 7) is 0.0711. The summed E-state index contributed by atoms with van der Waals surface area (Å²) < 4.78 is 55.3. The van der Waals surface area contributed by atoms with Gasteiger partial charge >= 0.3 is 6.18 Å². The van der Waals surface area contributed by atoms with Gasteiger partial charge in [-0.25, -0.2) is 0 Å². The van der Waals surface area contributed by atoms with Gasteiger partial charge in [0, 0.05) is 11.4 Å². The Morgan fingerprint density at radius 2 is 1.85 bits per heavy atom. The van der Waals surface area contributed by atoms with Crippen molar-refractivity contribution in [2.45, 2.75) is 18.6 Å². The van der Waals surface area contributed by atoms with Crippen LogP contribution >= 0.6 is 11.3 Å². The Kier molecular flexibility index (Phi) is 6.51. The van der Waals surface area contributed by atoms with E-state index >= 15 is 0 Å². The van der Waals surface area contributed by atoms with E-state index in [0.29, 0.717) is 24.5 Å². The van der Waals surface area contributed by atoms with E-state index in [2.05, 4.69) is 0 Å². The van der Waals surface area contributed by atoms with E-state index in [1.54, 1.807) is 19.1 Å². The minimum atomic E-state index is -4.48. The number of rotatable bonds is 6. The molecule has 1 aromatic heterocycles. The van der Waals surface area contributed by atoms with E-state index in [4.69, 9.17) is 14.2 Å². The molecule has 0 aliphatic carbocycles. The zero-order valence-electron chi connectivity index (χ0n) is 18.0. The molecule has 1 aliphatic rings. The summed E-state index contributed by atoms with van der Waals surface area (Å²) in [7, 11) is 3.13. The molecule has 2 aromatic carbocycles. The van der Waals surface area contributed by atoms with Crippen LogP contribution in [0.15, 0.2) is 53.9 Å². The lowest BCUT2D eigenvalue weighted by Gasteiger charge is -2.37. The molecule has 0 saturated heterocycles. The zero-order valence-corrected chi connectivity index (χ0v) is 18.8. The van der Waals surface area contributed by atoms with Gasteiger partial charge in [0.2, 0.25) is 0 Å². The Labute approximate surface area is 193 Å². The van der Waals surface area contributed by atoms with Crippen LogP contribution < -0.4 is 14.2 Å². The summed E-state index contributed by atoms with van der Waals surface area (Å²) in [5.41, 5.74) is 1.15. The molecule has 1 atom stereocenters. The molecule has 4 rings (SSSR count). The minimum absolute atomic E-state index is 0.00494. The highest BCUT2D eigenvalue weighted by Gasteiger charge is 2.34. The molecule has 0 fully saturated rings. The lowest BCUT2D eigenvalue weighted by molar-refractivity contribution is -0.137. The maximum atomic E-state index is 13.2. The van der Waals surface area contributed by atoms with Crippen molar-refractivity contribution in [3.8, 4) is 17.2 Å². The van der Waals surface area contributed by atoms with Gasteiger partial charge in [0.15, 0.2) is 18.1 Å². The summed E-state index contributed by atoms with van der Waals surface area (Å²) in [6.07, 6.45) is -3.88. The summed E-state index contributed by atoms with van der Waals surface area (Å²) in [4.78, 5) is 15.8. The van der Waals surface area contributed by atoms with Gasteiger partial charge in [0.1, 0.15) is 5.75 Å². The van der Waals surface area contributed by atoms with Crippen molar-refractivity contribution in [2.75, 3.05) is 27.4 Å². The highest BCUT2D eigenvalue weighted by atomic mass is 32.1. The Morgan fingerprint density at radius 3 is 2.52 bits per heavy atom. The number of fused-ring (bicyclic) bond motifs is 1. The van der Waals surface area contributed by atoms with Crippen molar-refractivity contribution in [3.05, 3.63) is 75.5 Å². The monoisotopic (exact) mass is 477 g/mol. The zero-order chi connectivity index (χ0) is 23.6. The molecule has 0 N–H and O–H groups in total. The first-order valence-electron chi connectivity index (χ1n) is 10.2. The lowest BCUT2D eigenvalue weighted by Crippen LogP contribution is -2.42. The quantitative estimate of drug-likeness (QED) is 0.481. The van der Waals surface area contributed by atoms with Crippen molar-refractivity contribution in [1.82, 2.24) is 4.90 Å². The summed E-state index contributed by atoms with van der Waals surface area (Å²) in [5, 5.41) is 1.94. The van der Waals surface area contributed by atoms with Gasteiger partial charge < -0.3 is 19.1 Å². The number of hydrogen-bond acceptors (Lipinski definition) is 5. The fourth-order valence-corrected chi connectivity index (χ4v) is 4.81. The molecule has 1 aliphatic heterocycles. The lowest BCUT2D eigenvalue weighted by atomic mass is 9.90. The molecule has 0 bridgehead atoms. The fraction of sp³-hybridized carbons (Fsp3) is 0.292. The molecule has 3 aromatic rings. The van der Waals surface area contributed by atoms with E-state index in [-0.39, 0.29) is 24.3 Å². The van der Waals surface area contributed by atoms with Crippen molar-refractivity contribution >= 4 is 17.2 Å². The fourth-order valence-electron chi connectivity index (χ4n) is 3.96. The minimum Gasteiger partial charge on any atom is -0.493 e. The molecule has 5 nitrogen and oxygen atoms in total.